The molecule has 2 heteroatoms. The van der Waals surface area contributed by atoms with Crippen molar-refractivity contribution in [2.24, 2.45) is 11.3 Å². The third-order valence-corrected chi connectivity index (χ3v) is 4.83. The Hall–Kier alpha value is -0.0800. The highest BCUT2D eigenvalue weighted by molar-refractivity contribution is 5.14. The van der Waals surface area contributed by atoms with Gasteiger partial charge in [0.25, 0.3) is 0 Å². The summed E-state index contributed by atoms with van der Waals surface area (Å²) in [7, 11) is 0. The van der Waals surface area contributed by atoms with Crippen LogP contribution in [0.5, 0.6) is 0 Å². The van der Waals surface area contributed by atoms with Crippen LogP contribution in [0.15, 0.2) is 0 Å². The Morgan fingerprint density at radius 3 is 2.60 bits per heavy atom. The largest absolute Gasteiger partial charge is 0.369 e. The van der Waals surface area contributed by atoms with Gasteiger partial charge in [-0.05, 0) is 44.4 Å². The lowest BCUT2D eigenvalue weighted by molar-refractivity contribution is -0.189. The maximum atomic E-state index is 6.24. The monoisotopic (exact) mass is 210 g/mol. The van der Waals surface area contributed by atoms with Gasteiger partial charge in [0.2, 0.25) is 0 Å². The van der Waals surface area contributed by atoms with Gasteiger partial charge in [-0.15, -0.1) is 0 Å². The van der Waals surface area contributed by atoms with E-state index in [4.69, 9.17) is 9.47 Å². The summed E-state index contributed by atoms with van der Waals surface area (Å²) in [6, 6.07) is 0. The molecule has 0 bridgehead atoms. The first-order valence-corrected chi connectivity index (χ1v) is 6.27. The van der Waals surface area contributed by atoms with Crippen LogP contribution >= 0.6 is 0 Å². The fourth-order valence-electron chi connectivity index (χ4n) is 4.16. The van der Waals surface area contributed by atoms with Gasteiger partial charge in [-0.1, -0.05) is 13.8 Å². The van der Waals surface area contributed by atoms with Crippen molar-refractivity contribution >= 4 is 0 Å². The molecule has 3 rings (SSSR count). The van der Waals surface area contributed by atoms with Crippen molar-refractivity contribution < 1.29 is 9.47 Å². The molecule has 3 fully saturated rings. The fourth-order valence-corrected chi connectivity index (χ4v) is 4.16. The van der Waals surface area contributed by atoms with E-state index < -0.39 is 0 Å². The quantitative estimate of drug-likeness (QED) is 0.573. The molecule has 0 amide bonds. The Morgan fingerprint density at radius 2 is 1.87 bits per heavy atom. The highest BCUT2D eigenvalue weighted by atomic mass is 16.6. The average Bonchev–Trinajstić information content (AvgIpc) is 2.81. The summed E-state index contributed by atoms with van der Waals surface area (Å²) in [5.74, 6) is 0.671. The second-order valence-corrected chi connectivity index (χ2v) is 6.53. The van der Waals surface area contributed by atoms with Gasteiger partial charge in [0.15, 0.2) is 0 Å². The van der Waals surface area contributed by atoms with Crippen LogP contribution in [-0.4, -0.2) is 23.9 Å². The van der Waals surface area contributed by atoms with E-state index in [9.17, 15) is 0 Å². The van der Waals surface area contributed by atoms with Gasteiger partial charge in [-0.25, -0.2) is 0 Å². The van der Waals surface area contributed by atoms with Crippen LogP contribution in [0.1, 0.15) is 47.0 Å². The van der Waals surface area contributed by atoms with E-state index in [1.165, 1.54) is 19.3 Å². The Labute approximate surface area is 92.3 Å². The van der Waals surface area contributed by atoms with Crippen molar-refractivity contribution in [3.05, 3.63) is 0 Å². The third-order valence-electron chi connectivity index (χ3n) is 4.83. The van der Waals surface area contributed by atoms with Crippen LogP contribution < -0.4 is 0 Å². The zero-order valence-corrected chi connectivity index (χ0v) is 10.2. The molecule has 1 aliphatic carbocycles. The highest BCUT2D eigenvalue weighted by Crippen LogP contribution is 2.59. The van der Waals surface area contributed by atoms with Crippen molar-refractivity contribution in [3.63, 3.8) is 0 Å². The maximum absolute atomic E-state index is 6.24. The van der Waals surface area contributed by atoms with Crippen molar-refractivity contribution in [2.75, 3.05) is 0 Å². The topological polar surface area (TPSA) is 21.8 Å². The fraction of sp³-hybridized carbons (Fsp3) is 1.00. The number of ether oxygens (including phenoxy) is 2. The van der Waals surface area contributed by atoms with Crippen molar-refractivity contribution in [1.82, 2.24) is 0 Å². The second-order valence-electron chi connectivity index (χ2n) is 6.53. The molecule has 1 saturated carbocycles. The number of hydrogen-bond donors (Lipinski definition) is 0. The maximum Gasteiger partial charge on any atom is 0.113 e. The Morgan fingerprint density at radius 1 is 1.13 bits per heavy atom. The minimum Gasteiger partial charge on any atom is -0.369 e. The van der Waals surface area contributed by atoms with Gasteiger partial charge in [-0.2, -0.15) is 0 Å². The minimum atomic E-state index is -0.00984. The molecular weight excluding hydrogens is 188 g/mol. The molecule has 3 aliphatic rings. The van der Waals surface area contributed by atoms with Crippen LogP contribution in [0.4, 0.5) is 0 Å². The Kier molecular flexibility index (Phi) is 1.87. The summed E-state index contributed by atoms with van der Waals surface area (Å²) < 4.78 is 12.1. The predicted molar refractivity (Wildman–Crippen MR) is 58.7 cm³/mol. The molecule has 2 saturated heterocycles. The van der Waals surface area contributed by atoms with E-state index in [-0.39, 0.29) is 5.60 Å². The second kappa shape index (κ2) is 2.78. The van der Waals surface area contributed by atoms with E-state index >= 15 is 0 Å². The molecule has 0 spiro atoms. The normalized spacial score (nSPS) is 56.8. The summed E-state index contributed by atoms with van der Waals surface area (Å²) in [5, 5.41) is 0. The SMILES string of the molecule is C[C@H]1CCC2C(C)(C)C[C@@H]3O[C@@H]3[C@]2(C)O1. The van der Waals surface area contributed by atoms with Crippen LogP contribution in [0.2, 0.25) is 0 Å². The average molecular weight is 210 g/mol. The molecule has 0 aromatic heterocycles. The van der Waals surface area contributed by atoms with Crippen LogP contribution in [0.25, 0.3) is 0 Å². The van der Waals surface area contributed by atoms with Gasteiger partial charge in [0.1, 0.15) is 6.10 Å². The minimum absolute atomic E-state index is 0.00984. The molecule has 0 aromatic rings. The van der Waals surface area contributed by atoms with E-state index in [1.807, 2.05) is 0 Å². The molecule has 86 valence electrons. The zero-order chi connectivity index (χ0) is 10.8. The zero-order valence-electron chi connectivity index (χ0n) is 10.2. The number of fused-ring (bicyclic) bond motifs is 3. The van der Waals surface area contributed by atoms with E-state index in [2.05, 4.69) is 27.7 Å². The molecule has 0 aromatic carbocycles. The van der Waals surface area contributed by atoms with Crippen molar-refractivity contribution in [2.45, 2.75) is 70.9 Å². The number of hydrogen-bond acceptors (Lipinski definition) is 2. The van der Waals surface area contributed by atoms with Gasteiger partial charge >= 0.3 is 0 Å². The first-order chi connectivity index (χ1) is 6.93. The molecule has 0 radical (unpaired) electrons. The van der Waals surface area contributed by atoms with Crippen molar-refractivity contribution in [1.29, 1.82) is 0 Å². The third kappa shape index (κ3) is 1.31. The van der Waals surface area contributed by atoms with E-state index in [1.54, 1.807) is 0 Å². The first kappa shape index (κ1) is 10.1. The Balaban J connectivity index is 1.94. The summed E-state index contributed by atoms with van der Waals surface area (Å²) in [4.78, 5) is 0. The molecule has 2 aliphatic heterocycles. The summed E-state index contributed by atoms with van der Waals surface area (Å²) in [6.07, 6.45) is 5.00. The van der Waals surface area contributed by atoms with Crippen molar-refractivity contribution in [3.8, 4) is 0 Å². The smallest absolute Gasteiger partial charge is 0.113 e. The van der Waals surface area contributed by atoms with E-state index in [0.717, 1.165) is 0 Å². The van der Waals surface area contributed by atoms with Gasteiger partial charge in [-0.3, -0.25) is 0 Å². The lowest BCUT2D eigenvalue weighted by atomic mass is 9.59. The first-order valence-electron chi connectivity index (χ1n) is 6.27. The van der Waals surface area contributed by atoms with Gasteiger partial charge in [0, 0.05) is 0 Å². The summed E-state index contributed by atoms with van der Waals surface area (Å²) in [6.45, 7) is 9.24. The lowest BCUT2D eigenvalue weighted by Gasteiger charge is -2.52. The molecule has 1 unspecified atom stereocenters. The van der Waals surface area contributed by atoms with Gasteiger partial charge < -0.3 is 9.47 Å². The standard InChI is InChI=1S/C13H22O2/c1-8-5-6-10-12(2,3)7-9-11(14-9)13(10,4)15-8/h8-11H,5-7H2,1-4H3/t8-,9-,10?,11-,13+/m0/s1. The predicted octanol–water partition coefficient (Wildman–Crippen LogP) is 2.76. The van der Waals surface area contributed by atoms with Crippen LogP contribution in [-0.2, 0) is 9.47 Å². The molecule has 15 heavy (non-hydrogen) atoms. The Bertz CT molecular complexity index is 286. The molecule has 0 N–H and O–H groups in total. The molecule has 2 nitrogen and oxygen atoms in total. The number of rotatable bonds is 0. The van der Waals surface area contributed by atoms with Gasteiger partial charge in [0.05, 0.1) is 17.8 Å². The highest BCUT2D eigenvalue weighted by Gasteiger charge is 2.66. The van der Waals surface area contributed by atoms with Crippen LogP contribution in [0.3, 0.4) is 0 Å². The van der Waals surface area contributed by atoms with Crippen LogP contribution in [0, 0.1) is 11.3 Å². The molecular formula is C13H22O2. The van der Waals surface area contributed by atoms with E-state index in [0.29, 0.717) is 29.6 Å². The lowest BCUT2D eigenvalue weighted by Crippen LogP contribution is -2.57. The molecule has 2 heterocycles. The number of epoxide rings is 1. The molecule has 5 atom stereocenters. The summed E-state index contributed by atoms with van der Waals surface area (Å²) >= 11 is 0. The summed E-state index contributed by atoms with van der Waals surface area (Å²) in [5.41, 5.74) is 0.372.